The van der Waals surface area contributed by atoms with Crippen LogP contribution in [0.4, 0.5) is 0 Å². The van der Waals surface area contributed by atoms with E-state index >= 15 is 0 Å². The molecule has 1 N–H and O–H groups in total. The van der Waals surface area contributed by atoms with E-state index in [9.17, 15) is 0 Å². The molecular formula is C11H25NO2S. The molecule has 4 heteroatoms. The van der Waals surface area contributed by atoms with Crippen LogP contribution in [0.15, 0.2) is 0 Å². The number of thiol groups is 1. The lowest BCUT2D eigenvalue weighted by atomic mass is 10.2. The first-order chi connectivity index (χ1) is 7.35. The van der Waals surface area contributed by atoms with Gasteiger partial charge in [0.1, 0.15) is 0 Å². The highest BCUT2D eigenvalue weighted by molar-refractivity contribution is 7.80. The van der Waals surface area contributed by atoms with Crippen molar-refractivity contribution in [2.45, 2.75) is 25.7 Å². The smallest absolute Gasteiger partial charge is 0.0589 e. The fourth-order valence-corrected chi connectivity index (χ4v) is 1.72. The summed E-state index contributed by atoms with van der Waals surface area (Å²) in [6.45, 7) is 3.73. The van der Waals surface area contributed by atoms with Crippen molar-refractivity contribution < 1.29 is 9.84 Å². The van der Waals surface area contributed by atoms with Gasteiger partial charge in [-0.3, -0.25) is 4.90 Å². The second-order valence-electron chi connectivity index (χ2n) is 3.70. The summed E-state index contributed by atoms with van der Waals surface area (Å²) in [6.07, 6.45) is 4.94. The van der Waals surface area contributed by atoms with Crippen molar-refractivity contribution in [3.8, 4) is 0 Å². The van der Waals surface area contributed by atoms with Gasteiger partial charge < -0.3 is 9.84 Å². The van der Waals surface area contributed by atoms with E-state index in [-0.39, 0.29) is 6.61 Å². The normalized spacial score (nSPS) is 11.2. The highest BCUT2D eigenvalue weighted by atomic mass is 32.1. The number of unbranched alkanes of at least 4 members (excludes halogenated alkanes) is 3. The standard InChI is InChI=1S/C11H25NO2S/c1-14-10-8-12(7-9-13)6-4-2-3-5-11-15/h13,15H,2-11H2,1H3. The molecule has 3 nitrogen and oxygen atoms in total. The third-order valence-corrected chi connectivity index (χ3v) is 2.73. The van der Waals surface area contributed by atoms with Crippen molar-refractivity contribution in [1.82, 2.24) is 4.90 Å². The molecule has 0 bridgehead atoms. The molecule has 0 aliphatic carbocycles. The van der Waals surface area contributed by atoms with Crippen LogP contribution >= 0.6 is 12.6 Å². The number of ether oxygens (including phenoxy) is 1. The third kappa shape index (κ3) is 10.5. The van der Waals surface area contributed by atoms with Crippen LogP contribution in [-0.2, 0) is 4.74 Å². The Morgan fingerprint density at radius 2 is 1.80 bits per heavy atom. The zero-order valence-electron chi connectivity index (χ0n) is 9.82. The zero-order chi connectivity index (χ0) is 11.4. The Morgan fingerprint density at radius 3 is 2.40 bits per heavy atom. The van der Waals surface area contributed by atoms with Crippen LogP contribution in [-0.4, -0.2) is 55.7 Å². The molecule has 0 unspecified atom stereocenters. The molecule has 0 aliphatic rings. The van der Waals surface area contributed by atoms with Gasteiger partial charge in [-0.2, -0.15) is 12.6 Å². The van der Waals surface area contributed by atoms with Crippen LogP contribution in [0.25, 0.3) is 0 Å². The molecular weight excluding hydrogens is 210 g/mol. The van der Waals surface area contributed by atoms with E-state index in [0.717, 1.165) is 32.0 Å². The summed E-state index contributed by atoms with van der Waals surface area (Å²) in [5.41, 5.74) is 0. The Labute approximate surface area is 99.2 Å². The second kappa shape index (κ2) is 12.3. The first-order valence-corrected chi connectivity index (χ1v) is 6.41. The maximum absolute atomic E-state index is 8.88. The summed E-state index contributed by atoms with van der Waals surface area (Å²) in [7, 11) is 1.71. The number of aliphatic hydroxyl groups is 1. The maximum Gasteiger partial charge on any atom is 0.0589 e. The molecule has 0 amide bonds. The maximum atomic E-state index is 8.88. The molecule has 0 heterocycles. The molecule has 0 aromatic carbocycles. The number of methoxy groups -OCH3 is 1. The average Bonchev–Trinajstić information content (AvgIpc) is 2.25. The molecule has 92 valence electrons. The first-order valence-electron chi connectivity index (χ1n) is 5.78. The van der Waals surface area contributed by atoms with E-state index in [1.165, 1.54) is 25.7 Å². The van der Waals surface area contributed by atoms with Crippen LogP contribution in [0, 0.1) is 0 Å². The van der Waals surface area contributed by atoms with Crippen molar-refractivity contribution in [2.24, 2.45) is 0 Å². The minimum Gasteiger partial charge on any atom is -0.395 e. The predicted octanol–water partition coefficient (Wildman–Crippen LogP) is 1.42. The number of hydrogen-bond acceptors (Lipinski definition) is 4. The van der Waals surface area contributed by atoms with Gasteiger partial charge >= 0.3 is 0 Å². The Balaban J connectivity index is 3.38. The van der Waals surface area contributed by atoms with Crippen molar-refractivity contribution in [2.75, 3.05) is 45.7 Å². The Bertz CT molecular complexity index is 125. The molecule has 0 fully saturated rings. The lowest BCUT2D eigenvalue weighted by molar-refractivity contribution is 0.129. The lowest BCUT2D eigenvalue weighted by Gasteiger charge is -2.20. The fraction of sp³-hybridized carbons (Fsp3) is 1.00. The van der Waals surface area contributed by atoms with Gasteiger partial charge in [-0.05, 0) is 25.1 Å². The van der Waals surface area contributed by atoms with E-state index < -0.39 is 0 Å². The van der Waals surface area contributed by atoms with Gasteiger partial charge in [0.25, 0.3) is 0 Å². The van der Waals surface area contributed by atoms with Gasteiger partial charge in [0.2, 0.25) is 0 Å². The summed E-state index contributed by atoms with van der Waals surface area (Å²) >= 11 is 4.18. The predicted molar refractivity (Wildman–Crippen MR) is 67.7 cm³/mol. The number of hydrogen-bond donors (Lipinski definition) is 2. The number of rotatable bonds is 11. The SMILES string of the molecule is COCCN(CCO)CCCCCCS. The minimum absolute atomic E-state index is 0.236. The van der Waals surface area contributed by atoms with Crippen LogP contribution < -0.4 is 0 Å². The molecule has 0 spiro atoms. The van der Waals surface area contributed by atoms with Crippen LogP contribution in [0.1, 0.15) is 25.7 Å². The summed E-state index contributed by atoms with van der Waals surface area (Å²) in [5.74, 6) is 0.990. The largest absolute Gasteiger partial charge is 0.395 e. The monoisotopic (exact) mass is 235 g/mol. The first kappa shape index (κ1) is 15.2. The van der Waals surface area contributed by atoms with E-state index in [1.807, 2.05) is 0 Å². The summed E-state index contributed by atoms with van der Waals surface area (Å²) < 4.78 is 5.03. The van der Waals surface area contributed by atoms with Gasteiger partial charge in [0.05, 0.1) is 13.2 Å². The molecule has 0 aromatic heterocycles. The van der Waals surface area contributed by atoms with E-state index in [4.69, 9.17) is 9.84 Å². The molecule has 0 saturated heterocycles. The van der Waals surface area contributed by atoms with Crippen LogP contribution in [0.2, 0.25) is 0 Å². The van der Waals surface area contributed by atoms with Gasteiger partial charge in [0, 0.05) is 20.2 Å². The van der Waals surface area contributed by atoms with E-state index in [0.29, 0.717) is 0 Å². The van der Waals surface area contributed by atoms with E-state index in [1.54, 1.807) is 7.11 Å². The van der Waals surface area contributed by atoms with Crippen molar-refractivity contribution in [3.63, 3.8) is 0 Å². The molecule has 0 aliphatic heterocycles. The average molecular weight is 235 g/mol. The molecule has 0 aromatic rings. The molecule has 0 radical (unpaired) electrons. The molecule has 0 rings (SSSR count). The topological polar surface area (TPSA) is 32.7 Å². The van der Waals surface area contributed by atoms with E-state index in [2.05, 4.69) is 17.5 Å². The van der Waals surface area contributed by atoms with Crippen molar-refractivity contribution in [3.05, 3.63) is 0 Å². The Hall–Kier alpha value is 0.230. The highest BCUT2D eigenvalue weighted by Gasteiger charge is 2.02. The lowest BCUT2D eigenvalue weighted by Crippen LogP contribution is -2.31. The van der Waals surface area contributed by atoms with Gasteiger partial charge in [-0.1, -0.05) is 12.8 Å². The molecule has 15 heavy (non-hydrogen) atoms. The highest BCUT2D eigenvalue weighted by Crippen LogP contribution is 2.02. The zero-order valence-corrected chi connectivity index (χ0v) is 10.7. The van der Waals surface area contributed by atoms with Crippen molar-refractivity contribution >= 4 is 12.6 Å². The van der Waals surface area contributed by atoms with Gasteiger partial charge in [-0.15, -0.1) is 0 Å². The second-order valence-corrected chi connectivity index (χ2v) is 4.14. The third-order valence-electron chi connectivity index (χ3n) is 2.41. The molecule has 0 saturated carbocycles. The Morgan fingerprint density at radius 1 is 1.07 bits per heavy atom. The quantitative estimate of drug-likeness (QED) is 0.420. The van der Waals surface area contributed by atoms with Gasteiger partial charge in [-0.25, -0.2) is 0 Å². The summed E-state index contributed by atoms with van der Waals surface area (Å²) in [4.78, 5) is 2.25. The summed E-state index contributed by atoms with van der Waals surface area (Å²) in [6, 6.07) is 0. The fourth-order valence-electron chi connectivity index (χ4n) is 1.50. The molecule has 0 atom stereocenters. The number of aliphatic hydroxyl groups excluding tert-OH is 1. The van der Waals surface area contributed by atoms with Crippen LogP contribution in [0.5, 0.6) is 0 Å². The van der Waals surface area contributed by atoms with Crippen molar-refractivity contribution in [1.29, 1.82) is 0 Å². The minimum atomic E-state index is 0.236. The number of nitrogens with zero attached hydrogens (tertiary/aromatic N) is 1. The van der Waals surface area contributed by atoms with Gasteiger partial charge in [0.15, 0.2) is 0 Å². The van der Waals surface area contributed by atoms with Crippen LogP contribution in [0.3, 0.4) is 0 Å². The summed E-state index contributed by atoms with van der Waals surface area (Å²) in [5, 5.41) is 8.88. The Kier molecular flexibility index (Phi) is 12.5.